The molecule has 1 saturated carbocycles. The summed E-state index contributed by atoms with van der Waals surface area (Å²) in [5.41, 5.74) is 2.31. The Bertz CT molecular complexity index is 605. The van der Waals surface area contributed by atoms with Crippen molar-refractivity contribution in [1.82, 2.24) is 9.55 Å². The number of benzene rings is 1. The van der Waals surface area contributed by atoms with E-state index in [0.29, 0.717) is 12.0 Å². The predicted molar refractivity (Wildman–Crippen MR) is 88.8 cm³/mol. The highest BCUT2D eigenvalue weighted by atomic mass is 127. The maximum Gasteiger partial charge on any atom is 0.127 e. The summed E-state index contributed by atoms with van der Waals surface area (Å²) in [7, 11) is 0. The lowest BCUT2D eigenvalue weighted by atomic mass is 10.1. The van der Waals surface area contributed by atoms with E-state index in [1.165, 1.54) is 28.3 Å². The Kier molecular flexibility index (Phi) is 3.78. The fourth-order valence-corrected chi connectivity index (χ4v) is 3.86. The van der Waals surface area contributed by atoms with Gasteiger partial charge in [0.1, 0.15) is 5.82 Å². The lowest BCUT2D eigenvalue weighted by molar-refractivity contribution is 0.405. The lowest BCUT2D eigenvalue weighted by Gasteiger charge is -2.21. The average molecular weight is 389 g/mol. The quantitative estimate of drug-likeness (QED) is 0.504. The van der Waals surface area contributed by atoms with Crippen molar-refractivity contribution < 1.29 is 0 Å². The van der Waals surface area contributed by atoms with E-state index in [0.717, 1.165) is 11.3 Å². The first-order valence-corrected chi connectivity index (χ1v) is 8.41. The largest absolute Gasteiger partial charge is 0.323 e. The number of imidazole rings is 1. The summed E-state index contributed by atoms with van der Waals surface area (Å²) in [5, 5.41) is -0.0436. The first-order chi connectivity index (χ1) is 9.08. The molecule has 0 aliphatic heterocycles. The van der Waals surface area contributed by atoms with Crippen molar-refractivity contribution in [2.45, 2.75) is 44.5 Å². The summed E-state index contributed by atoms with van der Waals surface area (Å²) in [4.78, 5) is 4.78. The highest BCUT2D eigenvalue weighted by Crippen LogP contribution is 2.40. The molecule has 2 nitrogen and oxygen atoms in total. The van der Waals surface area contributed by atoms with Crippen molar-refractivity contribution in [2.24, 2.45) is 5.92 Å². The van der Waals surface area contributed by atoms with Crippen LogP contribution in [0, 0.1) is 9.49 Å². The first-order valence-electron chi connectivity index (χ1n) is 6.89. The van der Waals surface area contributed by atoms with Crippen LogP contribution in [0.15, 0.2) is 18.2 Å². The van der Waals surface area contributed by atoms with Crippen molar-refractivity contribution in [1.29, 1.82) is 0 Å². The molecule has 0 amide bonds. The number of nitrogens with zero attached hydrogens (tertiary/aromatic N) is 2. The zero-order chi connectivity index (χ0) is 13.6. The summed E-state index contributed by atoms with van der Waals surface area (Å²) >= 11 is 8.70. The second-order valence-corrected chi connectivity index (χ2v) is 7.46. The number of halogens is 2. The lowest BCUT2D eigenvalue weighted by Crippen LogP contribution is -2.15. The fourth-order valence-electron chi connectivity index (χ4n) is 3.23. The minimum atomic E-state index is -0.0436. The van der Waals surface area contributed by atoms with E-state index < -0.39 is 0 Å². The Morgan fingerprint density at radius 3 is 2.84 bits per heavy atom. The zero-order valence-electron chi connectivity index (χ0n) is 11.2. The van der Waals surface area contributed by atoms with Crippen LogP contribution in [-0.2, 0) is 0 Å². The highest BCUT2D eigenvalue weighted by molar-refractivity contribution is 14.1. The monoisotopic (exact) mass is 388 g/mol. The molecule has 1 aromatic carbocycles. The minimum absolute atomic E-state index is 0.0436. The molecule has 1 aliphatic carbocycles. The number of rotatable bonds is 2. The van der Waals surface area contributed by atoms with Crippen LogP contribution in [-0.4, -0.2) is 9.55 Å². The molecule has 102 valence electrons. The van der Waals surface area contributed by atoms with E-state index in [1.54, 1.807) is 0 Å². The first kappa shape index (κ1) is 13.7. The molecule has 3 rings (SSSR count). The molecule has 1 heterocycles. The molecule has 1 fully saturated rings. The zero-order valence-corrected chi connectivity index (χ0v) is 14.1. The summed E-state index contributed by atoms with van der Waals surface area (Å²) in [6.45, 7) is 4.36. The number of aromatic nitrogens is 2. The van der Waals surface area contributed by atoms with Gasteiger partial charge in [0.2, 0.25) is 0 Å². The van der Waals surface area contributed by atoms with Crippen LogP contribution in [0.1, 0.15) is 50.4 Å². The number of fused-ring (bicyclic) bond motifs is 1. The predicted octanol–water partition coefficient (Wildman–Crippen LogP) is 5.30. The second-order valence-electron chi connectivity index (χ2n) is 5.56. The van der Waals surface area contributed by atoms with E-state index >= 15 is 0 Å². The van der Waals surface area contributed by atoms with Gasteiger partial charge in [0.25, 0.3) is 0 Å². The molecule has 3 atom stereocenters. The van der Waals surface area contributed by atoms with Crippen molar-refractivity contribution in [3.63, 3.8) is 0 Å². The maximum absolute atomic E-state index is 6.36. The summed E-state index contributed by atoms with van der Waals surface area (Å²) in [6.07, 6.45) is 3.87. The van der Waals surface area contributed by atoms with Gasteiger partial charge in [-0.15, -0.1) is 11.6 Å². The van der Waals surface area contributed by atoms with E-state index in [-0.39, 0.29) is 5.38 Å². The topological polar surface area (TPSA) is 17.8 Å². The molecule has 1 aliphatic rings. The smallest absolute Gasteiger partial charge is 0.127 e. The Morgan fingerprint density at radius 1 is 1.42 bits per heavy atom. The molecule has 19 heavy (non-hydrogen) atoms. The molecule has 0 bridgehead atoms. The third-order valence-corrected chi connectivity index (χ3v) is 5.05. The standard InChI is InChI=1S/C15H18ClIN2/c1-9-4-3-5-13(9)19-14-7-6-11(17)8-12(14)18-15(19)10(2)16/h6-10,13H,3-5H2,1-2H3. The Morgan fingerprint density at radius 2 is 2.21 bits per heavy atom. The van der Waals surface area contributed by atoms with Gasteiger partial charge in [-0.1, -0.05) is 13.3 Å². The van der Waals surface area contributed by atoms with E-state index in [4.69, 9.17) is 16.6 Å². The SMILES string of the molecule is CC(Cl)c1nc2cc(I)ccc2n1C1CCCC1C. The van der Waals surface area contributed by atoms with Gasteiger partial charge in [0.05, 0.1) is 16.4 Å². The minimum Gasteiger partial charge on any atom is -0.323 e. The van der Waals surface area contributed by atoms with E-state index in [9.17, 15) is 0 Å². The van der Waals surface area contributed by atoms with Crippen molar-refractivity contribution >= 4 is 45.2 Å². The van der Waals surface area contributed by atoms with Crippen LogP contribution in [0.25, 0.3) is 11.0 Å². The van der Waals surface area contributed by atoms with Gasteiger partial charge >= 0.3 is 0 Å². The third-order valence-electron chi connectivity index (χ3n) is 4.18. The number of hydrogen-bond donors (Lipinski definition) is 0. The van der Waals surface area contributed by atoms with Crippen LogP contribution in [0.3, 0.4) is 0 Å². The van der Waals surface area contributed by atoms with Gasteiger partial charge in [-0.2, -0.15) is 0 Å². The average Bonchev–Trinajstić information content (AvgIpc) is 2.91. The van der Waals surface area contributed by atoms with E-state index in [2.05, 4.69) is 52.3 Å². The van der Waals surface area contributed by atoms with Gasteiger partial charge < -0.3 is 4.57 Å². The Hall–Kier alpha value is -0.290. The van der Waals surface area contributed by atoms with Gasteiger partial charge in [-0.3, -0.25) is 0 Å². The van der Waals surface area contributed by atoms with Gasteiger partial charge in [-0.25, -0.2) is 4.98 Å². The molecule has 2 aromatic rings. The molecule has 0 spiro atoms. The molecular formula is C15H18ClIN2. The van der Waals surface area contributed by atoms with Crippen LogP contribution in [0.5, 0.6) is 0 Å². The second kappa shape index (κ2) is 5.24. The van der Waals surface area contributed by atoms with Crippen molar-refractivity contribution in [2.75, 3.05) is 0 Å². The maximum atomic E-state index is 6.36. The van der Waals surface area contributed by atoms with Crippen LogP contribution >= 0.6 is 34.2 Å². The Balaban J connectivity index is 2.22. The molecule has 0 saturated heterocycles. The normalized spacial score (nSPS) is 25.1. The van der Waals surface area contributed by atoms with Gasteiger partial charge in [0.15, 0.2) is 0 Å². The van der Waals surface area contributed by atoms with Crippen molar-refractivity contribution in [3.8, 4) is 0 Å². The van der Waals surface area contributed by atoms with Crippen LogP contribution in [0.4, 0.5) is 0 Å². The molecule has 3 unspecified atom stereocenters. The van der Waals surface area contributed by atoms with E-state index in [1.807, 2.05) is 6.92 Å². The molecule has 1 aromatic heterocycles. The number of alkyl halides is 1. The molecule has 4 heteroatoms. The van der Waals surface area contributed by atoms with Gasteiger partial charge in [0, 0.05) is 9.61 Å². The number of hydrogen-bond acceptors (Lipinski definition) is 1. The van der Waals surface area contributed by atoms with Gasteiger partial charge in [-0.05, 0) is 66.5 Å². The molecular weight excluding hydrogens is 371 g/mol. The van der Waals surface area contributed by atoms with Crippen LogP contribution in [0.2, 0.25) is 0 Å². The Labute approximate surface area is 132 Å². The molecule has 0 N–H and O–H groups in total. The highest BCUT2D eigenvalue weighted by Gasteiger charge is 2.29. The summed E-state index contributed by atoms with van der Waals surface area (Å²) in [6, 6.07) is 7.05. The van der Waals surface area contributed by atoms with Crippen LogP contribution < -0.4 is 0 Å². The third kappa shape index (κ3) is 2.40. The van der Waals surface area contributed by atoms with Crippen molar-refractivity contribution in [3.05, 3.63) is 27.6 Å². The fraction of sp³-hybridized carbons (Fsp3) is 0.533. The summed E-state index contributed by atoms with van der Waals surface area (Å²) in [5.74, 6) is 1.74. The molecule has 0 radical (unpaired) electrons. The summed E-state index contributed by atoms with van der Waals surface area (Å²) < 4.78 is 3.63.